The molecule has 2 aromatic heterocycles. The van der Waals surface area contributed by atoms with Crippen LogP contribution in [0.3, 0.4) is 0 Å². The van der Waals surface area contributed by atoms with Crippen LogP contribution in [0.2, 0.25) is 5.02 Å². The molecule has 0 bridgehead atoms. The van der Waals surface area contributed by atoms with E-state index in [1.165, 1.54) is 0 Å². The molecule has 0 saturated carbocycles. The summed E-state index contributed by atoms with van der Waals surface area (Å²) in [6.45, 7) is 1.95. The molecule has 0 fully saturated rings. The summed E-state index contributed by atoms with van der Waals surface area (Å²) in [6.07, 6.45) is 1.91. The fraction of sp³-hybridized carbons (Fsp3) is 0.125. The summed E-state index contributed by atoms with van der Waals surface area (Å²) in [7, 11) is 0. The first-order valence-corrected chi connectivity index (χ1v) is 4.65. The highest BCUT2D eigenvalue weighted by Crippen LogP contribution is 2.21. The largest absolute Gasteiger partial charge is 0.303 e. The number of hydrogen-bond donors (Lipinski definition) is 0. The fourth-order valence-electron chi connectivity index (χ4n) is 1.17. The van der Waals surface area contributed by atoms with Crippen LogP contribution in [0.5, 0.6) is 0 Å². The number of fused-ring (bicyclic) bond motifs is 1. The molecule has 4 heteroatoms. The summed E-state index contributed by atoms with van der Waals surface area (Å²) >= 11 is 9.20. The molecular formula is C8H6BrClN2. The Morgan fingerprint density at radius 1 is 1.58 bits per heavy atom. The Balaban J connectivity index is 2.90. The number of nitrogens with zero attached hydrogens (tertiary/aromatic N) is 2. The van der Waals surface area contributed by atoms with Crippen LogP contribution in [0.25, 0.3) is 5.52 Å². The van der Waals surface area contributed by atoms with Gasteiger partial charge in [-0.25, -0.2) is 4.98 Å². The van der Waals surface area contributed by atoms with Gasteiger partial charge < -0.3 is 4.40 Å². The van der Waals surface area contributed by atoms with Crippen LogP contribution in [0, 0.1) is 6.92 Å². The molecule has 0 aliphatic carbocycles. The Morgan fingerprint density at radius 3 is 3.08 bits per heavy atom. The first kappa shape index (κ1) is 8.08. The number of imidazole rings is 1. The van der Waals surface area contributed by atoms with Crippen molar-refractivity contribution in [3.05, 3.63) is 33.8 Å². The van der Waals surface area contributed by atoms with Gasteiger partial charge in [0.05, 0.1) is 5.52 Å². The van der Waals surface area contributed by atoms with Crippen LogP contribution < -0.4 is 0 Å². The van der Waals surface area contributed by atoms with Crippen LogP contribution in [0.15, 0.2) is 22.9 Å². The van der Waals surface area contributed by atoms with E-state index in [1.807, 2.05) is 29.7 Å². The van der Waals surface area contributed by atoms with Crippen LogP contribution in [0.4, 0.5) is 0 Å². The highest BCUT2D eigenvalue weighted by Gasteiger charge is 2.04. The molecule has 0 saturated heterocycles. The van der Waals surface area contributed by atoms with E-state index in [1.54, 1.807) is 0 Å². The lowest BCUT2D eigenvalue weighted by Crippen LogP contribution is -1.85. The number of hydrogen-bond acceptors (Lipinski definition) is 1. The summed E-state index contributed by atoms with van der Waals surface area (Å²) in [6, 6.07) is 3.72. The van der Waals surface area contributed by atoms with Crippen molar-refractivity contribution in [1.29, 1.82) is 0 Å². The molecule has 0 atom stereocenters. The number of halogens is 2. The first-order valence-electron chi connectivity index (χ1n) is 3.48. The first-order chi connectivity index (χ1) is 5.68. The lowest BCUT2D eigenvalue weighted by Gasteiger charge is -1.95. The number of pyridine rings is 1. The smallest absolute Gasteiger partial charge is 0.132 e. The van der Waals surface area contributed by atoms with Gasteiger partial charge >= 0.3 is 0 Å². The summed E-state index contributed by atoms with van der Waals surface area (Å²) in [5, 5.41) is 0.725. The van der Waals surface area contributed by atoms with E-state index in [2.05, 4.69) is 20.9 Å². The van der Waals surface area contributed by atoms with Gasteiger partial charge in [0, 0.05) is 11.2 Å². The Morgan fingerprint density at radius 2 is 2.33 bits per heavy atom. The fourth-order valence-corrected chi connectivity index (χ4v) is 1.89. The van der Waals surface area contributed by atoms with E-state index < -0.39 is 0 Å². The quantitative estimate of drug-likeness (QED) is 0.697. The molecule has 0 unspecified atom stereocenters. The second kappa shape index (κ2) is 2.75. The van der Waals surface area contributed by atoms with Crippen molar-refractivity contribution in [1.82, 2.24) is 9.38 Å². The third-order valence-corrected chi connectivity index (χ3v) is 2.56. The highest BCUT2D eigenvalue weighted by molar-refractivity contribution is 9.10. The summed E-state index contributed by atoms with van der Waals surface area (Å²) in [5.74, 6) is 0.952. The van der Waals surface area contributed by atoms with Crippen LogP contribution in [0.1, 0.15) is 5.82 Å². The van der Waals surface area contributed by atoms with E-state index >= 15 is 0 Å². The van der Waals surface area contributed by atoms with Crippen molar-refractivity contribution in [2.45, 2.75) is 6.92 Å². The maximum absolute atomic E-state index is 5.84. The summed E-state index contributed by atoms with van der Waals surface area (Å²) < 4.78 is 2.82. The zero-order valence-corrected chi connectivity index (χ0v) is 8.72. The zero-order valence-electron chi connectivity index (χ0n) is 6.38. The molecule has 0 amide bonds. The minimum absolute atomic E-state index is 0.725. The summed E-state index contributed by atoms with van der Waals surface area (Å²) in [4.78, 5) is 4.25. The standard InChI is InChI=1S/C8H6BrClN2/c1-5-11-8(9)7-4-6(10)2-3-12(5)7/h2-4H,1H3. The van der Waals surface area contributed by atoms with Crippen LogP contribution in [-0.2, 0) is 0 Å². The molecule has 0 radical (unpaired) electrons. The Hall–Kier alpha value is -0.540. The van der Waals surface area contributed by atoms with Gasteiger partial charge in [-0.2, -0.15) is 0 Å². The molecule has 0 aromatic carbocycles. The zero-order chi connectivity index (χ0) is 8.72. The lowest BCUT2D eigenvalue weighted by molar-refractivity contribution is 1.04. The molecule has 2 heterocycles. The SMILES string of the molecule is Cc1nc(Br)c2cc(Cl)ccn12. The van der Waals surface area contributed by atoms with Crippen LogP contribution >= 0.6 is 27.5 Å². The lowest BCUT2D eigenvalue weighted by atomic mass is 10.4. The van der Waals surface area contributed by atoms with E-state index in [9.17, 15) is 0 Å². The van der Waals surface area contributed by atoms with Crippen molar-refractivity contribution < 1.29 is 0 Å². The van der Waals surface area contributed by atoms with Gasteiger partial charge in [-0.15, -0.1) is 0 Å². The van der Waals surface area contributed by atoms with Gasteiger partial charge in [-0.3, -0.25) is 0 Å². The minimum atomic E-state index is 0.725. The van der Waals surface area contributed by atoms with Gasteiger partial charge in [0.25, 0.3) is 0 Å². The Bertz CT molecular complexity index is 436. The molecule has 0 aliphatic rings. The Labute approximate surface area is 83.3 Å². The molecule has 62 valence electrons. The topological polar surface area (TPSA) is 17.3 Å². The number of aromatic nitrogens is 2. The third kappa shape index (κ3) is 1.13. The van der Waals surface area contributed by atoms with Gasteiger partial charge in [0.2, 0.25) is 0 Å². The molecule has 2 aromatic rings. The van der Waals surface area contributed by atoms with E-state index in [0.717, 1.165) is 21.0 Å². The molecule has 0 spiro atoms. The molecule has 2 nitrogen and oxygen atoms in total. The maximum Gasteiger partial charge on any atom is 0.132 e. The monoisotopic (exact) mass is 244 g/mol. The normalized spacial score (nSPS) is 10.9. The summed E-state index contributed by atoms with van der Waals surface area (Å²) in [5.41, 5.74) is 1.00. The van der Waals surface area contributed by atoms with Gasteiger partial charge in [0.1, 0.15) is 10.4 Å². The van der Waals surface area contributed by atoms with Gasteiger partial charge in [-0.05, 0) is 35.0 Å². The van der Waals surface area contributed by atoms with Crippen molar-refractivity contribution in [2.24, 2.45) is 0 Å². The Kier molecular flexibility index (Phi) is 1.85. The van der Waals surface area contributed by atoms with Gasteiger partial charge in [0.15, 0.2) is 0 Å². The second-order valence-corrected chi connectivity index (χ2v) is 3.74. The average molecular weight is 246 g/mol. The molecule has 0 N–H and O–H groups in total. The van der Waals surface area contributed by atoms with Crippen molar-refractivity contribution in [3.8, 4) is 0 Å². The molecule has 12 heavy (non-hydrogen) atoms. The van der Waals surface area contributed by atoms with Crippen LogP contribution in [-0.4, -0.2) is 9.38 Å². The predicted octanol–water partition coefficient (Wildman–Crippen LogP) is 3.06. The minimum Gasteiger partial charge on any atom is -0.303 e. The van der Waals surface area contributed by atoms with E-state index in [0.29, 0.717) is 0 Å². The molecule has 0 aliphatic heterocycles. The average Bonchev–Trinajstić information content (AvgIpc) is 2.28. The number of rotatable bonds is 0. The van der Waals surface area contributed by atoms with E-state index in [-0.39, 0.29) is 0 Å². The third-order valence-electron chi connectivity index (χ3n) is 1.74. The maximum atomic E-state index is 5.84. The van der Waals surface area contributed by atoms with Gasteiger partial charge in [-0.1, -0.05) is 11.6 Å². The van der Waals surface area contributed by atoms with E-state index in [4.69, 9.17) is 11.6 Å². The van der Waals surface area contributed by atoms with Crippen molar-refractivity contribution in [3.63, 3.8) is 0 Å². The van der Waals surface area contributed by atoms with Crippen molar-refractivity contribution >= 4 is 33.0 Å². The highest BCUT2D eigenvalue weighted by atomic mass is 79.9. The molecular weight excluding hydrogens is 239 g/mol. The number of aryl methyl sites for hydroxylation is 1. The molecule has 2 rings (SSSR count). The predicted molar refractivity (Wildman–Crippen MR) is 52.6 cm³/mol. The second-order valence-electron chi connectivity index (χ2n) is 2.55. The van der Waals surface area contributed by atoms with Crippen molar-refractivity contribution in [2.75, 3.05) is 0 Å².